The van der Waals surface area contributed by atoms with Crippen molar-refractivity contribution in [2.45, 2.75) is 38.5 Å². The highest BCUT2D eigenvalue weighted by molar-refractivity contribution is 9.10. The molecular formula is C14H19BrClNO3S. The summed E-state index contributed by atoms with van der Waals surface area (Å²) in [7, 11) is 1.97. The minimum absolute atomic E-state index is 0.0248. The maximum Gasteiger partial charge on any atom is 0.233 e. The first kappa shape index (κ1) is 17.0. The van der Waals surface area contributed by atoms with Gasteiger partial charge in [0.2, 0.25) is 9.05 Å². The first-order chi connectivity index (χ1) is 9.89. The van der Waals surface area contributed by atoms with Crippen LogP contribution in [0.5, 0.6) is 5.75 Å². The molecule has 0 aromatic carbocycles. The monoisotopic (exact) mass is 395 g/mol. The largest absolute Gasteiger partial charge is 0.491 e. The molecule has 0 radical (unpaired) electrons. The van der Waals surface area contributed by atoms with Crippen LogP contribution in [0.1, 0.15) is 38.5 Å². The topological polar surface area (TPSA) is 56.3 Å². The first-order valence-electron chi connectivity index (χ1n) is 7.04. The van der Waals surface area contributed by atoms with Gasteiger partial charge in [0.1, 0.15) is 5.75 Å². The van der Waals surface area contributed by atoms with E-state index >= 15 is 0 Å². The van der Waals surface area contributed by atoms with Gasteiger partial charge in [-0.1, -0.05) is 25.7 Å². The van der Waals surface area contributed by atoms with Crippen LogP contribution in [-0.2, 0) is 9.05 Å². The van der Waals surface area contributed by atoms with Crippen LogP contribution >= 0.6 is 26.6 Å². The van der Waals surface area contributed by atoms with Gasteiger partial charge < -0.3 is 4.74 Å². The standard InChI is InChI=1S/C14H19BrClNO3S/c15-12-7-13(9-17-8-12)20-10-14(11-21(16,18)19)5-3-1-2-4-6-14/h7-9H,1-6,10-11H2. The Bertz CT molecular complexity index is 571. The van der Waals surface area contributed by atoms with Crippen molar-refractivity contribution in [2.75, 3.05) is 12.4 Å². The van der Waals surface area contributed by atoms with Crippen molar-refractivity contribution < 1.29 is 13.2 Å². The summed E-state index contributed by atoms with van der Waals surface area (Å²) in [6.45, 7) is 0.358. The highest BCUT2D eigenvalue weighted by Crippen LogP contribution is 2.37. The van der Waals surface area contributed by atoms with E-state index in [9.17, 15) is 8.42 Å². The molecule has 0 bridgehead atoms. The number of hydrogen-bond acceptors (Lipinski definition) is 4. The summed E-state index contributed by atoms with van der Waals surface area (Å²) >= 11 is 3.34. The predicted octanol–water partition coefficient (Wildman–Crippen LogP) is 4.13. The summed E-state index contributed by atoms with van der Waals surface area (Å²) in [6, 6.07) is 1.83. The van der Waals surface area contributed by atoms with Gasteiger partial charge in [0.25, 0.3) is 0 Å². The molecule has 0 spiro atoms. The van der Waals surface area contributed by atoms with E-state index in [1.54, 1.807) is 12.4 Å². The zero-order valence-electron chi connectivity index (χ0n) is 11.7. The van der Waals surface area contributed by atoms with E-state index in [1.165, 1.54) is 0 Å². The number of rotatable bonds is 5. The molecular weight excluding hydrogens is 378 g/mol. The van der Waals surface area contributed by atoms with Crippen molar-refractivity contribution in [3.63, 3.8) is 0 Å². The number of pyridine rings is 1. The van der Waals surface area contributed by atoms with Crippen molar-refractivity contribution in [3.05, 3.63) is 22.9 Å². The zero-order valence-corrected chi connectivity index (χ0v) is 14.9. The van der Waals surface area contributed by atoms with Crippen molar-refractivity contribution in [2.24, 2.45) is 5.41 Å². The van der Waals surface area contributed by atoms with Crippen LogP contribution in [0, 0.1) is 5.41 Å². The van der Waals surface area contributed by atoms with Gasteiger partial charge in [0.15, 0.2) is 0 Å². The van der Waals surface area contributed by atoms with Gasteiger partial charge >= 0.3 is 0 Å². The quantitative estimate of drug-likeness (QED) is 0.554. The van der Waals surface area contributed by atoms with E-state index in [2.05, 4.69) is 20.9 Å². The third-order valence-corrected chi connectivity index (χ3v) is 5.59. The lowest BCUT2D eigenvalue weighted by Gasteiger charge is -2.31. The molecule has 1 aromatic heterocycles. The van der Waals surface area contributed by atoms with Gasteiger partial charge in [-0.2, -0.15) is 0 Å². The lowest BCUT2D eigenvalue weighted by molar-refractivity contribution is 0.146. The van der Waals surface area contributed by atoms with E-state index in [1.807, 2.05) is 6.07 Å². The molecule has 7 heteroatoms. The van der Waals surface area contributed by atoms with E-state index in [0.29, 0.717) is 12.4 Å². The van der Waals surface area contributed by atoms with Crippen LogP contribution in [0.25, 0.3) is 0 Å². The zero-order chi connectivity index (χ0) is 15.3. The van der Waals surface area contributed by atoms with E-state index in [4.69, 9.17) is 15.4 Å². The summed E-state index contributed by atoms with van der Waals surface area (Å²) in [5, 5.41) is 0. The van der Waals surface area contributed by atoms with E-state index in [-0.39, 0.29) is 11.2 Å². The molecule has 0 saturated heterocycles. The Balaban J connectivity index is 2.11. The fourth-order valence-corrected chi connectivity index (χ4v) is 5.02. The molecule has 1 aliphatic carbocycles. The average Bonchev–Trinajstić information content (AvgIpc) is 2.61. The lowest BCUT2D eigenvalue weighted by Crippen LogP contribution is -2.34. The fraction of sp³-hybridized carbons (Fsp3) is 0.643. The Kier molecular flexibility index (Phi) is 5.91. The summed E-state index contributed by atoms with van der Waals surface area (Å²) < 4.78 is 29.8. The SMILES string of the molecule is O=S(=O)(Cl)CC1(COc2cncc(Br)c2)CCCCCC1. The third kappa shape index (κ3) is 5.75. The first-order valence-corrected chi connectivity index (χ1v) is 10.3. The molecule has 1 fully saturated rings. The summed E-state index contributed by atoms with van der Waals surface area (Å²) in [5.74, 6) is 0.614. The molecule has 118 valence electrons. The van der Waals surface area contributed by atoms with Crippen LogP contribution in [0.15, 0.2) is 22.9 Å². The maximum atomic E-state index is 11.6. The molecule has 0 amide bonds. The van der Waals surface area contributed by atoms with Crippen molar-refractivity contribution in [1.29, 1.82) is 0 Å². The maximum absolute atomic E-state index is 11.6. The average molecular weight is 397 g/mol. The molecule has 0 N–H and O–H groups in total. The highest BCUT2D eigenvalue weighted by atomic mass is 79.9. The van der Waals surface area contributed by atoms with Crippen LogP contribution in [0.4, 0.5) is 0 Å². The Morgan fingerprint density at radius 1 is 1.24 bits per heavy atom. The Morgan fingerprint density at radius 2 is 1.90 bits per heavy atom. The van der Waals surface area contributed by atoms with Crippen molar-refractivity contribution in [3.8, 4) is 5.75 Å². The second-order valence-corrected chi connectivity index (χ2v) is 9.42. The van der Waals surface area contributed by atoms with Crippen molar-refractivity contribution in [1.82, 2.24) is 4.98 Å². The molecule has 1 aliphatic rings. The fourth-order valence-electron chi connectivity index (χ4n) is 2.88. The molecule has 1 aromatic rings. The predicted molar refractivity (Wildman–Crippen MR) is 87.2 cm³/mol. The molecule has 0 atom stereocenters. The summed E-state index contributed by atoms with van der Waals surface area (Å²) in [4.78, 5) is 4.05. The number of halogens is 2. The number of aromatic nitrogens is 1. The minimum Gasteiger partial charge on any atom is -0.491 e. The van der Waals surface area contributed by atoms with Gasteiger partial charge in [-0.3, -0.25) is 4.98 Å². The van der Waals surface area contributed by atoms with Gasteiger partial charge in [0.05, 0.1) is 18.6 Å². The molecule has 21 heavy (non-hydrogen) atoms. The molecule has 0 unspecified atom stereocenters. The number of hydrogen-bond donors (Lipinski definition) is 0. The van der Waals surface area contributed by atoms with Gasteiger partial charge in [-0.25, -0.2) is 8.42 Å². The van der Waals surface area contributed by atoms with Crippen LogP contribution in [-0.4, -0.2) is 25.8 Å². The van der Waals surface area contributed by atoms with E-state index < -0.39 is 9.05 Å². The van der Waals surface area contributed by atoms with Gasteiger partial charge in [-0.15, -0.1) is 0 Å². The smallest absolute Gasteiger partial charge is 0.233 e. The summed E-state index contributed by atoms with van der Waals surface area (Å²) in [6.07, 6.45) is 9.30. The highest BCUT2D eigenvalue weighted by Gasteiger charge is 2.36. The van der Waals surface area contributed by atoms with Gasteiger partial charge in [0, 0.05) is 26.8 Å². The second kappa shape index (κ2) is 7.29. The lowest BCUT2D eigenvalue weighted by atomic mass is 9.83. The van der Waals surface area contributed by atoms with E-state index in [0.717, 1.165) is 43.0 Å². The minimum atomic E-state index is -3.54. The third-order valence-electron chi connectivity index (χ3n) is 3.87. The normalized spacial score (nSPS) is 19.0. The number of nitrogens with zero attached hydrogens (tertiary/aromatic N) is 1. The Hall–Kier alpha value is -0.330. The molecule has 0 aliphatic heterocycles. The molecule has 1 heterocycles. The summed E-state index contributed by atoms with van der Waals surface area (Å²) in [5.41, 5.74) is -0.389. The van der Waals surface area contributed by atoms with Gasteiger partial charge in [-0.05, 0) is 34.8 Å². The Morgan fingerprint density at radius 3 is 2.48 bits per heavy atom. The van der Waals surface area contributed by atoms with Crippen LogP contribution < -0.4 is 4.74 Å². The molecule has 4 nitrogen and oxygen atoms in total. The van der Waals surface area contributed by atoms with Crippen LogP contribution in [0.3, 0.4) is 0 Å². The van der Waals surface area contributed by atoms with Crippen molar-refractivity contribution >= 4 is 35.7 Å². The van der Waals surface area contributed by atoms with Crippen LogP contribution in [0.2, 0.25) is 0 Å². The number of ether oxygens (including phenoxy) is 1. The second-order valence-electron chi connectivity index (χ2n) is 5.72. The molecule has 2 rings (SSSR count). The Labute approximate surface area is 138 Å². The molecule has 1 saturated carbocycles.